The average Bonchev–Trinajstić information content (AvgIpc) is 2.41. The molecule has 0 aliphatic heterocycles. The molecule has 110 valence electrons. The molecular formula is C14H21N3O3. The molecule has 0 unspecified atom stereocenters. The molecule has 1 fully saturated rings. The second kappa shape index (κ2) is 6.56. The molecule has 0 bridgehead atoms. The van der Waals surface area contributed by atoms with Gasteiger partial charge in [0.2, 0.25) is 5.88 Å². The third kappa shape index (κ3) is 3.60. The SMILES string of the molecule is COc1ncc(C)cc1NC(=O)N[C@@H]1CCCC[C@@H]1O. The Morgan fingerprint density at radius 2 is 2.20 bits per heavy atom. The second-order valence-electron chi connectivity index (χ2n) is 5.13. The van der Waals surface area contributed by atoms with Gasteiger partial charge in [-0.2, -0.15) is 0 Å². The average molecular weight is 279 g/mol. The number of carbonyl (C=O) groups is 1. The molecule has 1 saturated carbocycles. The molecule has 1 aliphatic carbocycles. The van der Waals surface area contributed by atoms with Crippen molar-refractivity contribution in [2.75, 3.05) is 12.4 Å². The van der Waals surface area contributed by atoms with Crippen LogP contribution in [-0.4, -0.2) is 35.4 Å². The molecular weight excluding hydrogens is 258 g/mol. The predicted octanol–water partition coefficient (Wildman–Crippen LogP) is 1.82. The van der Waals surface area contributed by atoms with Gasteiger partial charge in [0.15, 0.2) is 0 Å². The molecule has 2 atom stereocenters. The number of hydrogen-bond acceptors (Lipinski definition) is 4. The smallest absolute Gasteiger partial charge is 0.319 e. The van der Waals surface area contributed by atoms with E-state index >= 15 is 0 Å². The van der Waals surface area contributed by atoms with Crippen LogP contribution in [0.15, 0.2) is 12.3 Å². The number of methoxy groups -OCH3 is 1. The number of nitrogens with zero attached hydrogens (tertiary/aromatic N) is 1. The fraction of sp³-hybridized carbons (Fsp3) is 0.571. The summed E-state index contributed by atoms with van der Waals surface area (Å²) in [5.74, 6) is 0.370. The zero-order chi connectivity index (χ0) is 14.5. The van der Waals surface area contributed by atoms with E-state index in [2.05, 4.69) is 15.6 Å². The van der Waals surface area contributed by atoms with Crippen LogP contribution in [0.25, 0.3) is 0 Å². The summed E-state index contributed by atoms with van der Waals surface area (Å²) in [4.78, 5) is 16.1. The van der Waals surface area contributed by atoms with Crippen LogP contribution in [0.1, 0.15) is 31.2 Å². The van der Waals surface area contributed by atoms with Gasteiger partial charge in [0.25, 0.3) is 0 Å². The van der Waals surface area contributed by atoms with Gasteiger partial charge >= 0.3 is 6.03 Å². The summed E-state index contributed by atoms with van der Waals surface area (Å²) in [7, 11) is 1.51. The van der Waals surface area contributed by atoms with Crippen molar-refractivity contribution in [2.45, 2.75) is 44.8 Å². The molecule has 0 spiro atoms. The predicted molar refractivity (Wildman–Crippen MR) is 75.9 cm³/mol. The highest BCUT2D eigenvalue weighted by molar-refractivity contribution is 5.90. The summed E-state index contributed by atoms with van der Waals surface area (Å²) in [5, 5.41) is 15.4. The zero-order valence-electron chi connectivity index (χ0n) is 11.8. The standard InChI is InChI=1S/C14H21N3O3/c1-9-7-11(13(20-2)15-8-9)17-14(19)16-10-5-3-4-6-12(10)18/h7-8,10,12,18H,3-6H2,1-2H3,(H2,16,17,19)/t10-,12+/m1/s1. The number of rotatable bonds is 3. The number of aliphatic hydroxyl groups is 1. The van der Waals surface area contributed by atoms with Crippen LogP contribution in [0.3, 0.4) is 0 Å². The van der Waals surface area contributed by atoms with Gasteiger partial charge in [-0.3, -0.25) is 0 Å². The van der Waals surface area contributed by atoms with Gasteiger partial charge in [0.1, 0.15) is 5.69 Å². The molecule has 1 heterocycles. The van der Waals surface area contributed by atoms with E-state index in [4.69, 9.17) is 4.74 Å². The number of hydrogen-bond donors (Lipinski definition) is 3. The normalized spacial score (nSPS) is 22.1. The lowest BCUT2D eigenvalue weighted by molar-refractivity contribution is 0.0955. The van der Waals surface area contributed by atoms with E-state index in [0.29, 0.717) is 11.6 Å². The number of ether oxygens (including phenoxy) is 1. The summed E-state index contributed by atoms with van der Waals surface area (Å²) >= 11 is 0. The molecule has 2 amide bonds. The first-order valence-corrected chi connectivity index (χ1v) is 6.86. The fourth-order valence-corrected chi connectivity index (χ4v) is 2.42. The van der Waals surface area contributed by atoms with Gasteiger partial charge in [-0.1, -0.05) is 12.8 Å². The van der Waals surface area contributed by atoms with Crippen LogP contribution in [0.2, 0.25) is 0 Å². The Bertz CT molecular complexity index is 479. The van der Waals surface area contributed by atoms with Crippen molar-refractivity contribution in [1.82, 2.24) is 10.3 Å². The fourth-order valence-electron chi connectivity index (χ4n) is 2.42. The number of aryl methyl sites for hydroxylation is 1. The van der Waals surface area contributed by atoms with Crippen molar-refractivity contribution in [3.05, 3.63) is 17.8 Å². The van der Waals surface area contributed by atoms with E-state index in [1.807, 2.05) is 6.92 Å². The second-order valence-corrected chi connectivity index (χ2v) is 5.13. The van der Waals surface area contributed by atoms with E-state index in [-0.39, 0.29) is 12.1 Å². The third-order valence-electron chi connectivity index (χ3n) is 3.48. The van der Waals surface area contributed by atoms with Gasteiger partial charge in [-0.05, 0) is 31.4 Å². The van der Waals surface area contributed by atoms with E-state index < -0.39 is 6.10 Å². The van der Waals surface area contributed by atoms with E-state index in [1.165, 1.54) is 7.11 Å². The van der Waals surface area contributed by atoms with Crippen LogP contribution < -0.4 is 15.4 Å². The number of aliphatic hydroxyl groups excluding tert-OH is 1. The van der Waals surface area contributed by atoms with Gasteiger partial charge in [-0.15, -0.1) is 0 Å². The number of urea groups is 1. The van der Waals surface area contributed by atoms with Crippen LogP contribution in [0.5, 0.6) is 5.88 Å². The largest absolute Gasteiger partial charge is 0.480 e. The Labute approximate surface area is 118 Å². The van der Waals surface area contributed by atoms with Gasteiger partial charge < -0.3 is 20.5 Å². The first-order valence-electron chi connectivity index (χ1n) is 6.86. The number of anilines is 1. The van der Waals surface area contributed by atoms with Crippen molar-refractivity contribution in [1.29, 1.82) is 0 Å². The minimum absolute atomic E-state index is 0.187. The molecule has 20 heavy (non-hydrogen) atoms. The molecule has 1 aliphatic rings. The molecule has 0 radical (unpaired) electrons. The first-order chi connectivity index (χ1) is 9.60. The first kappa shape index (κ1) is 14.6. The quantitative estimate of drug-likeness (QED) is 0.788. The van der Waals surface area contributed by atoms with Crippen LogP contribution >= 0.6 is 0 Å². The number of carbonyl (C=O) groups excluding carboxylic acids is 1. The molecule has 0 saturated heterocycles. The molecule has 1 aromatic rings. The van der Waals surface area contributed by atoms with E-state index in [9.17, 15) is 9.90 Å². The van der Waals surface area contributed by atoms with Crippen molar-refractivity contribution < 1.29 is 14.6 Å². The lowest BCUT2D eigenvalue weighted by Crippen LogP contribution is -2.46. The van der Waals surface area contributed by atoms with E-state index in [0.717, 1.165) is 31.2 Å². The lowest BCUT2D eigenvalue weighted by Gasteiger charge is -2.28. The van der Waals surface area contributed by atoms with Gasteiger partial charge in [0.05, 0.1) is 19.3 Å². The highest BCUT2D eigenvalue weighted by Crippen LogP contribution is 2.22. The Morgan fingerprint density at radius 3 is 2.90 bits per heavy atom. The van der Waals surface area contributed by atoms with Crippen molar-refractivity contribution in [2.24, 2.45) is 0 Å². The van der Waals surface area contributed by atoms with Gasteiger partial charge in [0, 0.05) is 6.20 Å². The van der Waals surface area contributed by atoms with Crippen LogP contribution in [-0.2, 0) is 0 Å². The summed E-state index contributed by atoms with van der Waals surface area (Å²) in [6.45, 7) is 1.89. The number of amides is 2. The minimum Gasteiger partial charge on any atom is -0.480 e. The monoisotopic (exact) mass is 279 g/mol. The Balaban J connectivity index is 1.99. The molecule has 1 aromatic heterocycles. The molecule has 3 N–H and O–H groups in total. The summed E-state index contributed by atoms with van der Waals surface area (Å²) < 4.78 is 5.11. The molecule has 6 nitrogen and oxygen atoms in total. The Morgan fingerprint density at radius 1 is 1.45 bits per heavy atom. The lowest BCUT2D eigenvalue weighted by atomic mass is 9.93. The van der Waals surface area contributed by atoms with Crippen molar-refractivity contribution in [3.8, 4) is 5.88 Å². The van der Waals surface area contributed by atoms with Crippen molar-refractivity contribution in [3.63, 3.8) is 0 Å². The Hall–Kier alpha value is -1.82. The topological polar surface area (TPSA) is 83.5 Å². The minimum atomic E-state index is -0.466. The highest BCUT2D eigenvalue weighted by atomic mass is 16.5. The maximum atomic E-state index is 12.0. The zero-order valence-corrected chi connectivity index (χ0v) is 11.8. The Kier molecular flexibility index (Phi) is 4.79. The summed E-state index contributed by atoms with van der Waals surface area (Å²) in [6, 6.07) is 1.26. The molecule has 2 rings (SSSR count). The van der Waals surface area contributed by atoms with Crippen LogP contribution in [0, 0.1) is 6.92 Å². The number of pyridine rings is 1. The molecule has 0 aromatic carbocycles. The highest BCUT2D eigenvalue weighted by Gasteiger charge is 2.24. The van der Waals surface area contributed by atoms with Crippen LogP contribution in [0.4, 0.5) is 10.5 Å². The maximum absolute atomic E-state index is 12.0. The summed E-state index contributed by atoms with van der Waals surface area (Å²) in [5.41, 5.74) is 1.45. The number of aromatic nitrogens is 1. The van der Waals surface area contributed by atoms with E-state index in [1.54, 1.807) is 12.3 Å². The maximum Gasteiger partial charge on any atom is 0.319 e. The van der Waals surface area contributed by atoms with Gasteiger partial charge in [-0.25, -0.2) is 9.78 Å². The summed E-state index contributed by atoms with van der Waals surface area (Å²) in [6.07, 6.45) is 4.78. The third-order valence-corrected chi connectivity index (χ3v) is 3.48. The van der Waals surface area contributed by atoms with Crippen molar-refractivity contribution >= 4 is 11.7 Å². The number of nitrogens with one attached hydrogen (secondary N) is 2. The molecule has 6 heteroatoms.